The lowest BCUT2D eigenvalue weighted by atomic mass is 9.71. The van der Waals surface area contributed by atoms with Crippen LogP contribution in [0.4, 0.5) is 18.9 Å². The van der Waals surface area contributed by atoms with Crippen LogP contribution in [0.15, 0.2) is 18.3 Å². The minimum Gasteiger partial charge on any atom is -0.370 e. The predicted molar refractivity (Wildman–Crippen MR) is 82.5 cm³/mol. The number of aromatic nitrogens is 1. The van der Waals surface area contributed by atoms with Crippen LogP contribution in [0.1, 0.15) is 31.4 Å². The Kier molecular flexibility index (Phi) is 5.22. The zero-order valence-corrected chi connectivity index (χ0v) is 13.1. The van der Waals surface area contributed by atoms with E-state index in [0.717, 1.165) is 50.8 Å². The number of nitrogens with zero attached hydrogens (tertiary/aromatic N) is 2. The monoisotopic (exact) mass is 335 g/mol. The van der Waals surface area contributed by atoms with Gasteiger partial charge in [-0.3, -0.25) is 0 Å². The van der Waals surface area contributed by atoms with Gasteiger partial charge in [0.2, 0.25) is 0 Å². The lowest BCUT2D eigenvalue weighted by molar-refractivity contribution is -0.141. The molecule has 1 N–H and O–H groups in total. The molecule has 2 aliphatic rings. The summed E-state index contributed by atoms with van der Waals surface area (Å²) in [4.78, 5) is 5.71. The minimum atomic E-state index is -4.36. The Labute approximate surface area is 134 Å². The molecule has 0 aromatic carbocycles. The van der Waals surface area contributed by atoms with Crippen LogP contribution in [0, 0.1) is 5.41 Å². The van der Waals surface area contributed by atoms with Gasteiger partial charge in [-0.1, -0.05) is 0 Å². The van der Waals surface area contributed by atoms with Crippen molar-refractivity contribution in [3.05, 3.63) is 24.0 Å². The van der Waals surface area contributed by atoms with E-state index in [4.69, 9.17) is 0 Å². The Balaban J connectivity index is 0.00000176. The van der Waals surface area contributed by atoms with Gasteiger partial charge in [-0.15, -0.1) is 12.4 Å². The third kappa shape index (κ3) is 3.66. The van der Waals surface area contributed by atoms with E-state index in [9.17, 15) is 13.2 Å². The fraction of sp³-hybridized carbons (Fsp3) is 0.667. The first-order valence-electron chi connectivity index (χ1n) is 7.48. The Morgan fingerprint density at radius 2 is 1.68 bits per heavy atom. The minimum absolute atomic E-state index is 0. The Morgan fingerprint density at radius 1 is 1.05 bits per heavy atom. The topological polar surface area (TPSA) is 28.2 Å². The lowest BCUT2D eigenvalue weighted by Gasteiger charge is -2.45. The molecule has 124 valence electrons. The van der Waals surface area contributed by atoms with Crippen molar-refractivity contribution in [2.75, 3.05) is 31.1 Å². The highest BCUT2D eigenvalue weighted by Gasteiger charge is 2.36. The summed E-state index contributed by atoms with van der Waals surface area (Å²) >= 11 is 0. The summed E-state index contributed by atoms with van der Waals surface area (Å²) in [5.74, 6) is 0. The largest absolute Gasteiger partial charge is 0.433 e. The maximum absolute atomic E-state index is 12.5. The molecule has 22 heavy (non-hydrogen) atoms. The van der Waals surface area contributed by atoms with Crippen molar-refractivity contribution in [2.24, 2.45) is 5.41 Å². The summed E-state index contributed by atoms with van der Waals surface area (Å²) < 4.78 is 37.6. The molecular weight excluding hydrogens is 315 g/mol. The van der Waals surface area contributed by atoms with E-state index < -0.39 is 11.9 Å². The van der Waals surface area contributed by atoms with Gasteiger partial charge in [-0.25, -0.2) is 4.98 Å². The van der Waals surface area contributed by atoms with E-state index in [1.807, 2.05) is 0 Å². The quantitative estimate of drug-likeness (QED) is 0.851. The second-order valence-corrected chi connectivity index (χ2v) is 6.14. The summed E-state index contributed by atoms with van der Waals surface area (Å²) in [7, 11) is 0. The van der Waals surface area contributed by atoms with Crippen molar-refractivity contribution in [2.45, 2.75) is 31.9 Å². The van der Waals surface area contributed by atoms with Gasteiger partial charge in [0.05, 0.1) is 11.9 Å². The van der Waals surface area contributed by atoms with Gasteiger partial charge in [0.25, 0.3) is 0 Å². The van der Waals surface area contributed by atoms with Crippen molar-refractivity contribution in [3.8, 4) is 0 Å². The Hall–Kier alpha value is -1.01. The van der Waals surface area contributed by atoms with Crippen LogP contribution in [0.5, 0.6) is 0 Å². The van der Waals surface area contributed by atoms with Gasteiger partial charge in [0.15, 0.2) is 0 Å². The first-order valence-corrected chi connectivity index (χ1v) is 7.48. The van der Waals surface area contributed by atoms with Crippen LogP contribution in [-0.4, -0.2) is 31.2 Å². The molecule has 0 unspecified atom stereocenters. The van der Waals surface area contributed by atoms with Crippen LogP contribution in [0.2, 0.25) is 0 Å². The molecule has 0 atom stereocenters. The van der Waals surface area contributed by atoms with E-state index in [1.165, 1.54) is 25.1 Å². The van der Waals surface area contributed by atoms with Crippen molar-refractivity contribution in [1.29, 1.82) is 0 Å². The average molecular weight is 336 g/mol. The number of nitrogens with one attached hydrogen (secondary N) is 1. The standard InChI is InChI=1S/C15H20F3N3.ClH/c16-15(17,18)13-2-1-12(11-20-13)21-9-5-14(6-10-21)3-7-19-8-4-14;/h1-2,11,19H,3-10H2;1H. The number of piperidine rings is 2. The van der Waals surface area contributed by atoms with E-state index in [1.54, 1.807) is 0 Å². The van der Waals surface area contributed by atoms with Crippen LogP contribution >= 0.6 is 12.4 Å². The molecule has 1 aromatic heterocycles. The zero-order chi connectivity index (χ0) is 14.9. The van der Waals surface area contributed by atoms with Gasteiger partial charge >= 0.3 is 6.18 Å². The summed E-state index contributed by atoms with van der Waals surface area (Å²) in [6.45, 7) is 3.99. The molecular formula is C15H21ClF3N3. The van der Waals surface area contributed by atoms with Gasteiger partial charge in [-0.2, -0.15) is 13.2 Å². The SMILES string of the molecule is Cl.FC(F)(F)c1ccc(N2CCC3(CCNCC3)CC2)cn1. The van der Waals surface area contributed by atoms with Crippen molar-refractivity contribution in [1.82, 2.24) is 10.3 Å². The van der Waals surface area contributed by atoms with Gasteiger partial charge in [0.1, 0.15) is 5.69 Å². The number of alkyl halides is 3. The number of rotatable bonds is 1. The molecule has 0 amide bonds. The average Bonchev–Trinajstić information content (AvgIpc) is 2.48. The molecule has 2 fully saturated rings. The zero-order valence-electron chi connectivity index (χ0n) is 12.3. The molecule has 1 aromatic rings. The smallest absolute Gasteiger partial charge is 0.370 e. The lowest BCUT2D eigenvalue weighted by Crippen LogP contribution is -2.45. The molecule has 0 aliphatic carbocycles. The summed E-state index contributed by atoms with van der Waals surface area (Å²) in [6.07, 6.45) is 1.66. The second kappa shape index (κ2) is 6.62. The Morgan fingerprint density at radius 3 is 2.18 bits per heavy atom. The predicted octanol–water partition coefficient (Wildman–Crippen LogP) is 3.49. The first-order chi connectivity index (χ1) is 9.99. The third-order valence-corrected chi connectivity index (χ3v) is 4.89. The van der Waals surface area contributed by atoms with E-state index in [2.05, 4.69) is 15.2 Å². The van der Waals surface area contributed by atoms with Crippen molar-refractivity contribution in [3.63, 3.8) is 0 Å². The van der Waals surface area contributed by atoms with Gasteiger partial charge < -0.3 is 10.2 Å². The van der Waals surface area contributed by atoms with E-state index in [0.29, 0.717) is 5.41 Å². The molecule has 2 saturated heterocycles. The maximum atomic E-state index is 12.5. The fourth-order valence-electron chi connectivity index (χ4n) is 3.44. The molecule has 3 nitrogen and oxygen atoms in total. The van der Waals surface area contributed by atoms with Crippen LogP contribution in [0.25, 0.3) is 0 Å². The molecule has 2 aliphatic heterocycles. The molecule has 0 saturated carbocycles. The molecule has 3 rings (SSSR count). The normalized spacial score (nSPS) is 21.5. The van der Waals surface area contributed by atoms with Crippen LogP contribution < -0.4 is 10.2 Å². The highest BCUT2D eigenvalue weighted by atomic mass is 35.5. The molecule has 0 bridgehead atoms. The van der Waals surface area contributed by atoms with Gasteiger partial charge in [-0.05, 0) is 56.3 Å². The van der Waals surface area contributed by atoms with Gasteiger partial charge in [0, 0.05) is 13.1 Å². The number of hydrogen-bond acceptors (Lipinski definition) is 3. The number of anilines is 1. The summed E-state index contributed by atoms with van der Waals surface area (Å²) in [5.41, 5.74) is 0.422. The molecule has 0 radical (unpaired) electrons. The second-order valence-electron chi connectivity index (χ2n) is 6.14. The maximum Gasteiger partial charge on any atom is 0.433 e. The number of halogens is 4. The molecule has 1 spiro atoms. The highest BCUT2D eigenvalue weighted by molar-refractivity contribution is 5.85. The Bertz CT molecular complexity index is 474. The number of hydrogen-bond donors (Lipinski definition) is 1. The summed E-state index contributed by atoms with van der Waals surface area (Å²) in [6, 6.07) is 2.61. The third-order valence-electron chi connectivity index (χ3n) is 4.89. The van der Waals surface area contributed by atoms with E-state index >= 15 is 0 Å². The van der Waals surface area contributed by atoms with Crippen molar-refractivity contribution >= 4 is 18.1 Å². The first kappa shape index (κ1) is 17.3. The van der Waals surface area contributed by atoms with E-state index in [-0.39, 0.29) is 12.4 Å². The highest BCUT2D eigenvalue weighted by Crippen LogP contribution is 2.40. The summed E-state index contributed by atoms with van der Waals surface area (Å²) in [5, 5.41) is 3.39. The van der Waals surface area contributed by atoms with Crippen molar-refractivity contribution < 1.29 is 13.2 Å². The molecule has 7 heteroatoms. The van der Waals surface area contributed by atoms with Crippen LogP contribution in [0.3, 0.4) is 0 Å². The molecule has 3 heterocycles. The van der Waals surface area contributed by atoms with Crippen LogP contribution in [-0.2, 0) is 6.18 Å². The number of pyridine rings is 1. The fourth-order valence-corrected chi connectivity index (χ4v) is 3.44.